The second-order valence-corrected chi connectivity index (χ2v) is 8.71. The Morgan fingerprint density at radius 1 is 1.03 bits per heavy atom. The summed E-state index contributed by atoms with van der Waals surface area (Å²) in [5, 5.41) is 31.0. The Hall–Kier alpha value is -2.83. The predicted octanol–water partition coefficient (Wildman–Crippen LogP) is 3.95. The number of Topliss-reactive ketones (excluding diaryl/α,β-unsaturated/α-hetero) is 1. The van der Waals surface area contributed by atoms with Crippen LogP contribution in [0.1, 0.15) is 47.8 Å². The van der Waals surface area contributed by atoms with E-state index in [0.29, 0.717) is 11.1 Å². The lowest BCUT2D eigenvalue weighted by molar-refractivity contribution is -0.250. The third kappa shape index (κ3) is 3.82. The molecule has 1 fully saturated rings. The van der Waals surface area contributed by atoms with Crippen LogP contribution in [-0.2, 0) is 15.9 Å². The van der Waals surface area contributed by atoms with E-state index in [2.05, 4.69) is 0 Å². The number of phenols is 2. The lowest BCUT2D eigenvalue weighted by atomic mass is 9.83. The number of fused-ring (bicyclic) bond motifs is 1. The average molecular weight is 424 g/mol. The topological polar surface area (TPSA) is 96.2 Å². The highest BCUT2D eigenvalue weighted by molar-refractivity contribution is 6.16. The van der Waals surface area contributed by atoms with Gasteiger partial charge >= 0.3 is 0 Å². The van der Waals surface area contributed by atoms with Crippen LogP contribution in [0.5, 0.6) is 11.5 Å². The molecule has 2 aromatic rings. The van der Waals surface area contributed by atoms with Crippen LogP contribution >= 0.6 is 0 Å². The molecule has 2 aromatic carbocycles. The van der Waals surface area contributed by atoms with Crippen molar-refractivity contribution in [2.24, 2.45) is 11.8 Å². The lowest BCUT2D eigenvalue weighted by Gasteiger charge is -2.41. The SMILES string of the molecule is Cc1ccc(C2=C(OC3OC(C)C(C)C(C)C3O)C(=O)c3c(O)cc(O)cc3C2)cc1. The van der Waals surface area contributed by atoms with Crippen LogP contribution in [0.2, 0.25) is 0 Å². The number of allylic oxidation sites excluding steroid dienone is 2. The van der Waals surface area contributed by atoms with Crippen molar-refractivity contribution < 1.29 is 29.6 Å². The number of aliphatic hydroxyl groups excluding tert-OH is 1. The maximum absolute atomic E-state index is 13.4. The Morgan fingerprint density at radius 3 is 2.39 bits per heavy atom. The van der Waals surface area contributed by atoms with E-state index in [1.165, 1.54) is 6.07 Å². The fourth-order valence-electron chi connectivity index (χ4n) is 4.32. The smallest absolute Gasteiger partial charge is 0.232 e. The van der Waals surface area contributed by atoms with Gasteiger partial charge in [-0.25, -0.2) is 0 Å². The highest BCUT2D eigenvalue weighted by Crippen LogP contribution is 2.41. The molecule has 1 heterocycles. The predicted molar refractivity (Wildman–Crippen MR) is 116 cm³/mol. The molecular weight excluding hydrogens is 396 g/mol. The Bertz CT molecular complexity index is 1040. The first-order valence-corrected chi connectivity index (χ1v) is 10.6. The van der Waals surface area contributed by atoms with Gasteiger partial charge in [-0.05, 0) is 42.9 Å². The Morgan fingerprint density at radius 2 is 1.71 bits per heavy atom. The first kappa shape index (κ1) is 21.4. The van der Waals surface area contributed by atoms with E-state index < -0.39 is 18.2 Å². The van der Waals surface area contributed by atoms with Crippen LogP contribution in [-0.4, -0.2) is 39.6 Å². The molecule has 1 aliphatic carbocycles. The van der Waals surface area contributed by atoms with Crippen LogP contribution in [0.4, 0.5) is 0 Å². The lowest BCUT2D eigenvalue weighted by Crippen LogP contribution is -2.49. The van der Waals surface area contributed by atoms with Gasteiger partial charge in [-0.3, -0.25) is 4.79 Å². The number of carbonyl (C=O) groups excluding carboxylic acids is 1. The van der Waals surface area contributed by atoms with Gasteiger partial charge < -0.3 is 24.8 Å². The molecule has 6 heteroatoms. The number of aryl methyl sites for hydroxylation is 1. The number of aromatic hydroxyl groups is 2. The normalized spacial score (nSPS) is 28.4. The second-order valence-electron chi connectivity index (χ2n) is 8.71. The van der Waals surface area contributed by atoms with Crippen molar-refractivity contribution in [3.63, 3.8) is 0 Å². The molecule has 0 aromatic heterocycles. The van der Waals surface area contributed by atoms with Crippen LogP contribution in [0.15, 0.2) is 42.2 Å². The molecule has 0 amide bonds. The Balaban J connectivity index is 1.80. The van der Waals surface area contributed by atoms with Gasteiger partial charge in [0.2, 0.25) is 12.1 Å². The Labute approximate surface area is 181 Å². The van der Waals surface area contributed by atoms with Crippen LogP contribution < -0.4 is 0 Å². The van der Waals surface area contributed by atoms with Crippen LogP contribution in [0.3, 0.4) is 0 Å². The second kappa shape index (κ2) is 8.02. The summed E-state index contributed by atoms with van der Waals surface area (Å²) in [7, 11) is 0. The number of carbonyl (C=O) groups is 1. The first-order chi connectivity index (χ1) is 14.7. The van der Waals surface area contributed by atoms with E-state index in [4.69, 9.17) is 9.47 Å². The minimum absolute atomic E-state index is 0.0512. The van der Waals surface area contributed by atoms with Gasteiger partial charge in [0.05, 0.1) is 11.7 Å². The number of rotatable bonds is 3. The summed E-state index contributed by atoms with van der Waals surface area (Å²) >= 11 is 0. The van der Waals surface area contributed by atoms with Crippen LogP contribution in [0.25, 0.3) is 5.57 Å². The average Bonchev–Trinajstić information content (AvgIpc) is 2.72. The van der Waals surface area contributed by atoms with Crippen molar-refractivity contribution in [1.82, 2.24) is 0 Å². The molecule has 4 rings (SSSR count). The van der Waals surface area contributed by atoms with Crippen molar-refractivity contribution >= 4 is 11.4 Å². The summed E-state index contributed by atoms with van der Waals surface area (Å²) in [6.45, 7) is 7.85. The molecule has 1 saturated heterocycles. The molecule has 6 nitrogen and oxygen atoms in total. The number of aliphatic hydroxyl groups is 1. The number of ketones is 1. The largest absolute Gasteiger partial charge is 0.508 e. The monoisotopic (exact) mass is 424 g/mol. The molecule has 0 radical (unpaired) electrons. The molecule has 5 atom stereocenters. The summed E-state index contributed by atoms with van der Waals surface area (Å²) in [6, 6.07) is 10.3. The zero-order valence-electron chi connectivity index (χ0n) is 18.1. The number of ether oxygens (including phenoxy) is 2. The quantitative estimate of drug-likeness (QED) is 0.690. The summed E-state index contributed by atoms with van der Waals surface area (Å²) in [6.07, 6.45) is -1.77. The molecule has 31 heavy (non-hydrogen) atoms. The van der Waals surface area contributed by atoms with Crippen molar-refractivity contribution in [3.8, 4) is 11.5 Å². The van der Waals surface area contributed by atoms with Crippen molar-refractivity contribution in [1.29, 1.82) is 0 Å². The standard InChI is InChI=1S/C25H28O6/c1-12-5-7-16(8-6-12)19-10-17-9-18(26)11-20(27)21(17)23(29)24(19)31-25-22(28)14(3)13(2)15(4)30-25/h5-9,11,13-15,22,25-28H,10H2,1-4H3. The van der Waals surface area contributed by atoms with E-state index in [0.717, 1.165) is 17.2 Å². The minimum Gasteiger partial charge on any atom is -0.508 e. The number of benzene rings is 2. The van der Waals surface area contributed by atoms with E-state index in [1.54, 1.807) is 0 Å². The van der Waals surface area contributed by atoms with Gasteiger partial charge in [0.25, 0.3) is 0 Å². The molecule has 2 aliphatic rings. The molecular formula is C25H28O6. The summed E-state index contributed by atoms with van der Waals surface area (Å²) in [5.41, 5.74) is 3.11. The van der Waals surface area contributed by atoms with E-state index in [-0.39, 0.29) is 47.2 Å². The molecule has 0 saturated carbocycles. The Kier molecular flexibility index (Phi) is 5.54. The number of phenolic OH excluding ortho intramolecular Hbond substituents is 2. The molecule has 0 bridgehead atoms. The minimum atomic E-state index is -0.999. The maximum atomic E-state index is 13.4. The molecule has 164 valence electrons. The molecule has 5 unspecified atom stereocenters. The van der Waals surface area contributed by atoms with Gasteiger partial charge in [-0.1, -0.05) is 43.7 Å². The molecule has 0 spiro atoms. The van der Waals surface area contributed by atoms with Gasteiger partial charge in [0, 0.05) is 18.1 Å². The zero-order valence-corrected chi connectivity index (χ0v) is 18.1. The third-order valence-electron chi connectivity index (χ3n) is 6.63. The summed E-state index contributed by atoms with van der Waals surface area (Å²) in [4.78, 5) is 13.4. The van der Waals surface area contributed by atoms with Gasteiger partial charge in [-0.2, -0.15) is 0 Å². The van der Waals surface area contributed by atoms with Gasteiger partial charge in [0.1, 0.15) is 17.6 Å². The maximum Gasteiger partial charge on any atom is 0.232 e. The molecule has 3 N–H and O–H groups in total. The molecule has 1 aliphatic heterocycles. The third-order valence-corrected chi connectivity index (χ3v) is 6.63. The van der Waals surface area contributed by atoms with E-state index in [9.17, 15) is 20.1 Å². The van der Waals surface area contributed by atoms with Crippen molar-refractivity contribution in [2.45, 2.75) is 52.6 Å². The van der Waals surface area contributed by atoms with Gasteiger partial charge in [-0.15, -0.1) is 0 Å². The first-order valence-electron chi connectivity index (χ1n) is 10.6. The fourth-order valence-corrected chi connectivity index (χ4v) is 4.32. The van der Waals surface area contributed by atoms with Gasteiger partial charge in [0.15, 0.2) is 5.76 Å². The highest BCUT2D eigenvalue weighted by Gasteiger charge is 2.42. The van der Waals surface area contributed by atoms with Crippen molar-refractivity contribution in [3.05, 3.63) is 64.4 Å². The zero-order chi connectivity index (χ0) is 22.4. The van der Waals surface area contributed by atoms with Crippen LogP contribution in [0, 0.1) is 18.8 Å². The highest BCUT2D eigenvalue weighted by atomic mass is 16.7. The summed E-state index contributed by atoms with van der Waals surface area (Å²) in [5.74, 6) is -0.799. The number of hydrogen-bond donors (Lipinski definition) is 3. The van der Waals surface area contributed by atoms with Crippen molar-refractivity contribution in [2.75, 3.05) is 0 Å². The fraction of sp³-hybridized carbons (Fsp3) is 0.400. The van der Waals surface area contributed by atoms with E-state index in [1.807, 2.05) is 52.0 Å². The van der Waals surface area contributed by atoms with E-state index >= 15 is 0 Å². The summed E-state index contributed by atoms with van der Waals surface area (Å²) < 4.78 is 12.0. The number of hydrogen-bond acceptors (Lipinski definition) is 6.